The molecule has 0 fully saturated rings. The number of hydrogen-bond acceptors (Lipinski definition) is 2. The molecule has 0 atom stereocenters. The zero-order valence-corrected chi connectivity index (χ0v) is 13.3. The zero-order chi connectivity index (χ0) is 14.0. The van der Waals surface area contributed by atoms with Gasteiger partial charge in [0.1, 0.15) is 6.79 Å². The number of hydrogen-bond donors (Lipinski definition) is 0. The summed E-state index contributed by atoms with van der Waals surface area (Å²) in [6.45, 7) is 4.24. The Hall–Kier alpha value is -0.0500. The molecule has 0 N–H and O–H groups in total. The van der Waals surface area contributed by atoms with Crippen LogP contribution < -0.4 is 0 Å². The summed E-state index contributed by atoms with van der Waals surface area (Å²) < 4.78 is 10.8. The molecule has 0 saturated carbocycles. The van der Waals surface area contributed by atoms with Crippen LogP contribution in [-0.4, -0.2) is 25.9 Å². The highest BCUT2D eigenvalue weighted by Gasteiger charge is 1.92. The third kappa shape index (κ3) is 17.9. The van der Waals surface area contributed by atoms with Crippen LogP contribution in [-0.2, 0) is 9.47 Å². The van der Waals surface area contributed by atoms with Gasteiger partial charge in [-0.2, -0.15) is 0 Å². The van der Waals surface area contributed by atoms with Crippen molar-refractivity contribution in [1.82, 2.24) is 0 Å². The first kappa shape index (κ1) is 18.9. The Morgan fingerprint density at radius 1 is 0.789 bits per heavy atom. The van der Waals surface area contributed by atoms with Crippen molar-refractivity contribution in [3.63, 3.8) is 0 Å². The van der Waals surface area contributed by atoms with Gasteiger partial charge in [0.2, 0.25) is 0 Å². The van der Waals surface area contributed by atoms with Crippen molar-refractivity contribution in [1.29, 1.82) is 0 Å². The number of allylic oxidation sites excluding steroid dienone is 1. The molecule has 0 rings (SSSR count). The first-order chi connectivity index (χ1) is 9.41. The molecule has 0 aromatic carbocycles. The van der Waals surface area contributed by atoms with Gasteiger partial charge < -0.3 is 9.47 Å². The number of ether oxygens (including phenoxy) is 2. The summed E-state index contributed by atoms with van der Waals surface area (Å²) >= 11 is 5.56. The van der Waals surface area contributed by atoms with E-state index in [-0.39, 0.29) is 0 Å². The minimum atomic E-state index is 0.430. The van der Waals surface area contributed by atoms with Crippen LogP contribution in [0.25, 0.3) is 0 Å². The van der Waals surface area contributed by atoms with Crippen LogP contribution in [0, 0.1) is 0 Å². The second kappa shape index (κ2) is 17.9. The summed E-state index contributed by atoms with van der Waals surface area (Å²) in [5, 5.41) is 0. The summed E-state index contributed by atoms with van der Waals surface area (Å²) in [4.78, 5) is 0. The van der Waals surface area contributed by atoms with Crippen molar-refractivity contribution < 1.29 is 9.47 Å². The first-order valence-corrected chi connectivity index (χ1v) is 8.31. The lowest BCUT2D eigenvalue weighted by Crippen LogP contribution is -2.02. The molecule has 0 aliphatic heterocycles. The Morgan fingerprint density at radius 2 is 1.42 bits per heavy atom. The monoisotopic (exact) mass is 290 g/mol. The fraction of sp³-hybridized carbons (Fsp3) is 0.875. The van der Waals surface area contributed by atoms with Crippen molar-refractivity contribution in [3.8, 4) is 0 Å². The summed E-state index contributed by atoms with van der Waals surface area (Å²) in [6.07, 6.45) is 15.3. The highest BCUT2D eigenvalue weighted by Crippen LogP contribution is 2.06. The molecule has 0 radical (unpaired) electrons. The number of unbranched alkanes of at least 4 members (excludes halogenated alkanes) is 6. The van der Waals surface area contributed by atoms with Gasteiger partial charge in [-0.3, -0.25) is 0 Å². The van der Waals surface area contributed by atoms with E-state index in [1.54, 1.807) is 0 Å². The SMILES string of the molecule is CCCCCCCCCOCOCC/C=C/CCCl. The van der Waals surface area contributed by atoms with Gasteiger partial charge >= 0.3 is 0 Å². The largest absolute Gasteiger partial charge is 0.355 e. The lowest BCUT2D eigenvalue weighted by atomic mass is 10.1. The average molecular weight is 291 g/mol. The Labute approximate surface area is 124 Å². The standard InChI is InChI=1S/C16H31ClO2/c1-2-3-4-5-6-8-11-14-18-16-19-15-12-9-7-10-13-17/h7,9H,2-6,8,10-16H2,1H3/b9-7+. The Bertz CT molecular complexity index is 184. The summed E-state index contributed by atoms with van der Waals surface area (Å²) in [7, 11) is 0. The maximum Gasteiger partial charge on any atom is 0.146 e. The summed E-state index contributed by atoms with van der Waals surface area (Å²) in [6, 6.07) is 0. The molecule has 0 bridgehead atoms. The quantitative estimate of drug-likeness (QED) is 0.176. The van der Waals surface area contributed by atoms with Crippen LogP contribution in [0.1, 0.15) is 64.7 Å². The maximum atomic E-state index is 5.56. The van der Waals surface area contributed by atoms with E-state index in [4.69, 9.17) is 21.1 Å². The van der Waals surface area contributed by atoms with E-state index in [2.05, 4.69) is 19.1 Å². The molecule has 0 spiro atoms. The molecule has 0 saturated heterocycles. The average Bonchev–Trinajstić information content (AvgIpc) is 2.43. The van der Waals surface area contributed by atoms with Crippen molar-refractivity contribution in [2.45, 2.75) is 64.7 Å². The van der Waals surface area contributed by atoms with E-state index in [9.17, 15) is 0 Å². The van der Waals surface area contributed by atoms with Gasteiger partial charge in [-0.25, -0.2) is 0 Å². The number of halogens is 1. The highest BCUT2D eigenvalue weighted by molar-refractivity contribution is 6.17. The van der Waals surface area contributed by atoms with Gasteiger partial charge in [-0.05, 0) is 19.3 Å². The third-order valence-corrected chi connectivity index (χ3v) is 3.15. The second-order valence-electron chi connectivity index (χ2n) is 4.79. The normalized spacial score (nSPS) is 11.5. The van der Waals surface area contributed by atoms with Gasteiger partial charge in [-0.1, -0.05) is 57.6 Å². The minimum absolute atomic E-state index is 0.430. The van der Waals surface area contributed by atoms with Crippen LogP contribution in [0.5, 0.6) is 0 Å². The van der Waals surface area contributed by atoms with E-state index >= 15 is 0 Å². The van der Waals surface area contributed by atoms with E-state index in [0.717, 1.165) is 32.5 Å². The molecular weight excluding hydrogens is 260 g/mol. The molecule has 2 nitrogen and oxygen atoms in total. The van der Waals surface area contributed by atoms with Crippen LogP contribution in [0.15, 0.2) is 12.2 Å². The molecular formula is C16H31ClO2. The zero-order valence-electron chi connectivity index (χ0n) is 12.5. The van der Waals surface area contributed by atoms with Crippen LogP contribution in [0.4, 0.5) is 0 Å². The smallest absolute Gasteiger partial charge is 0.146 e. The number of alkyl halides is 1. The Balaban J connectivity index is 2.95. The highest BCUT2D eigenvalue weighted by atomic mass is 35.5. The van der Waals surface area contributed by atoms with Crippen LogP contribution in [0.3, 0.4) is 0 Å². The van der Waals surface area contributed by atoms with Gasteiger partial charge in [0.25, 0.3) is 0 Å². The van der Waals surface area contributed by atoms with Gasteiger partial charge in [-0.15, -0.1) is 11.6 Å². The van der Waals surface area contributed by atoms with E-state index < -0.39 is 0 Å². The molecule has 0 amide bonds. The van der Waals surface area contributed by atoms with Crippen molar-refractivity contribution >= 4 is 11.6 Å². The van der Waals surface area contributed by atoms with Crippen LogP contribution >= 0.6 is 11.6 Å². The first-order valence-electron chi connectivity index (χ1n) is 7.78. The molecule has 3 heteroatoms. The minimum Gasteiger partial charge on any atom is -0.355 e. The van der Waals surface area contributed by atoms with E-state index in [1.807, 2.05) is 0 Å². The van der Waals surface area contributed by atoms with E-state index in [0.29, 0.717) is 12.7 Å². The lowest BCUT2D eigenvalue weighted by Gasteiger charge is -2.05. The summed E-state index contributed by atoms with van der Waals surface area (Å²) in [5.74, 6) is 0.693. The van der Waals surface area contributed by atoms with Gasteiger partial charge in [0.15, 0.2) is 0 Å². The molecule has 0 aromatic rings. The molecule has 0 aliphatic carbocycles. The lowest BCUT2D eigenvalue weighted by molar-refractivity contribution is -0.0531. The second-order valence-corrected chi connectivity index (χ2v) is 5.17. The van der Waals surface area contributed by atoms with E-state index in [1.165, 1.54) is 38.5 Å². The summed E-state index contributed by atoms with van der Waals surface area (Å²) in [5.41, 5.74) is 0. The Morgan fingerprint density at radius 3 is 2.16 bits per heavy atom. The number of rotatable bonds is 15. The topological polar surface area (TPSA) is 18.5 Å². The molecule has 0 unspecified atom stereocenters. The van der Waals surface area contributed by atoms with Crippen molar-refractivity contribution in [2.75, 3.05) is 25.9 Å². The predicted octanol–water partition coefficient (Wildman–Crippen LogP) is 5.30. The fourth-order valence-corrected chi connectivity index (χ4v) is 1.91. The fourth-order valence-electron chi connectivity index (χ4n) is 1.79. The van der Waals surface area contributed by atoms with Crippen LogP contribution in [0.2, 0.25) is 0 Å². The van der Waals surface area contributed by atoms with Crippen molar-refractivity contribution in [2.24, 2.45) is 0 Å². The molecule has 114 valence electrons. The van der Waals surface area contributed by atoms with Gasteiger partial charge in [0, 0.05) is 12.5 Å². The molecule has 0 heterocycles. The van der Waals surface area contributed by atoms with Crippen molar-refractivity contribution in [3.05, 3.63) is 12.2 Å². The molecule has 0 aromatic heterocycles. The molecule has 0 aliphatic rings. The third-order valence-electron chi connectivity index (χ3n) is 2.93. The Kier molecular flexibility index (Phi) is 17.9. The maximum absolute atomic E-state index is 5.56. The molecule has 19 heavy (non-hydrogen) atoms. The predicted molar refractivity (Wildman–Crippen MR) is 83.9 cm³/mol. The van der Waals surface area contributed by atoms with Gasteiger partial charge in [0.05, 0.1) is 6.61 Å².